The first-order valence-electron chi connectivity index (χ1n) is 8.33. The van der Waals surface area contributed by atoms with Crippen LogP contribution in [0.4, 0.5) is 0 Å². The summed E-state index contributed by atoms with van der Waals surface area (Å²) in [5, 5.41) is 4.49. The average molecular weight is 328 g/mol. The van der Waals surface area contributed by atoms with Crippen molar-refractivity contribution in [2.75, 3.05) is 20.2 Å². The first kappa shape index (κ1) is 16.5. The van der Waals surface area contributed by atoms with Crippen molar-refractivity contribution in [2.45, 2.75) is 39.7 Å². The molecule has 3 rings (SSSR count). The monoisotopic (exact) mass is 328 g/mol. The van der Waals surface area contributed by atoms with E-state index in [0.717, 1.165) is 36.6 Å². The molecule has 6 nitrogen and oxygen atoms in total. The highest BCUT2D eigenvalue weighted by Gasteiger charge is 2.28. The number of hydrogen-bond acceptors (Lipinski definition) is 4. The van der Waals surface area contributed by atoms with Gasteiger partial charge in [0, 0.05) is 13.1 Å². The summed E-state index contributed by atoms with van der Waals surface area (Å²) < 4.78 is 7.33. The molecule has 1 saturated heterocycles. The molecule has 1 atom stereocenters. The summed E-state index contributed by atoms with van der Waals surface area (Å²) in [7, 11) is 1.60. The van der Waals surface area contributed by atoms with Crippen molar-refractivity contribution in [2.24, 2.45) is 0 Å². The van der Waals surface area contributed by atoms with Crippen molar-refractivity contribution in [1.82, 2.24) is 19.7 Å². The Bertz CT molecular complexity index is 753. The second kappa shape index (κ2) is 6.63. The quantitative estimate of drug-likeness (QED) is 0.869. The maximum Gasteiger partial charge on any atom is 0.257 e. The van der Waals surface area contributed by atoms with Crippen LogP contribution >= 0.6 is 0 Å². The molecule has 1 aliphatic rings. The third-order valence-corrected chi connectivity index (χ3v) is 4.52. The molecule has 0 unspecified atom stereocenters. The summed E-state index contributed by atoms with van der Waals surface area (Å²) in [4.78, 5) is 19.3. The predicted molar refractivity (Wildman–Crippen MR) is 91.4 cm³/mol. The van der Waals surface area contributed by atoms with E-state index in [-0.39, 0.29) is 11.9 Å². The van der Waals surface area contributed by atoms with Gasteiger partial charge in [0.2, 0.25) is 0 Å². The van der Waals surface area contributed by atoms with Gasteiger partial charge in [0.25, 0.3) is 5.91 Å². The first-order valence-corrected chi connectivity index (χ1v) is 8.33. The number of piperidine rings is 1. The molecule has 2 heterocycles. The Morgan fingerprint density at radius 2 is 2.08 bits per heavy atom. The fraction of sp³-hybridized carbons (Fsp3) is 0.500. The van der Waals surface area contributed by atoms with Crippen molar-refractivity contribution in [3.8, 4) is 5.75 Å². The van der Waals surface area contributed by atoms with Crippen LogP contribution in [-0.4, -0.2) is 45.8 Å². The molecule has 2 aromatic rings. The Morgan fingerprint density at radius 3 is 2.75 bits per heavy atom. The predicted octanol–water partition coefficient (Wildman–Crippen LogP) is 2.69. The molecule has 1 aromatic heterocycles. The number of carbonyl (C=O) groups excluding carboxylic acids is 1. The number of aryl methyl sites for hydroxylation is 3. The largest absolute Gasteiger partial charge is 0.496 e. The lowest BCUT2D eigenvalue weighted by molar-refractivity contribution is 0.0668. The van der Waals surface area contributed by atoms with E-state index >= 15 is 0 Å². The van der Waals surface area contributed by atoms with Crippen LogP contribution in [0.25, 0.3) is 0 Å². The van der Waals surface area contributed by atoms with Crippen LogP contribution in [0.2, 0.25) is 0 Å². The van der Waals surface area contributed by atoms with Gasteiger partial charge in [-0.1, -0.05) is 11.6 Å². The SMILES string of the molecule is COc1ccc(C)cc1C(=O)N1CCC[C@H](n2nc(C)nc2C)C1. The summed E-state index contributed by atoms with van der Waals surface area (Å²) >= 11 is 0. The molecule has 6 heteroatoms. The Kier molecular flexibility index (Phi) is 4.55. The molecule has 0 saturated carbocycles. The number of carbonyl (C=O) groups is 1. The Balaban J connectivity index is 1.83. The number of likely N-dealkylation sites (tertiary alicyclic amines) is 1. The number of aromatic nitrogens is 3. The zero-order chi connectivity index (χ0) is 17.3. The fourth-order valence-electron chi connectivity index (χ4n) is 3.38. The van der Waals surface area contributed by atoms with Gasteiger partial charge < -0.3 is 9.64 Å². The van der Waals surface area contributed by atoms with Crippen LogP contribution in [0, 0.1) is 20.8 Å². The molecule has 1 aromatic carbocycles. The van der Waals surface area contributed by atoms with Crippen LogP contribution in [0.1, 0.15) is 46.5 Å². The van der Waals surface area contributed by atoms with E-state index in [1.54, 1.807) is 7.11 Å². The van der Waals surface area contributed by atoms with Gasteiger partial charge in [0.05, 0.1) is 18.7 Å². The minimum Gasteiger partial charge on any atom is -0.496 e. The third kappa shape index (κ3) is 3.13. The molecule has 1 fully saturated rings. The molecule has 128 valence electrons. The van der Waals surface area contributed by atoms with Gasteiger partial charge in [0.1, 0.15) is 17.4 Å². The molecule has 1 amide bonds. The zero-order valence-electron chi connectivity index (χ0n) is 14.7. The molecule has 24 heavy (non-hydrogen) atoms. The number of benzene rings is 1. The Labute approximate surface area is 142 Å². The van der Waals surface area contributed by atoms with Crippen molar-refractivity contribution in [1.29, 1.82) is 0 Å². The minimum absolute atomic E-state index is 0.0229. The summed E-state index contributed by atoms with van der Waals surface area (Å²) in [5.41, 5.74) is 1.68. The molecular weight excluding hydrogens is 304 g/mol. The van der Waals surface area contributed by atoms with Crippen molar-refractivity contribution in [3.63, 3.8) is 0 Å². The van der Waals surface area contributed by atoms with Gasteiger partial charge in [-0.25, -0.2) is 9.67 Å². The van der Waals surface area contributed by atoms with E-state index in [1.165, 1.54) is 0 Å². The zero-order valence-corrected chi connectivity index (χ0v) is 14.7. The third-order valence-electron chi connectivity index (χ3n) is 4.52. The lowest BCUT2D eigenvalue weighted by Crippen LogP contribution is -2.41. The normalized spacial score (nSPS) is 17.8. The van der Waals surface area contributed by atoms with E-state index in [1.807, 2.05) is 48.6 Å². The van der Waals surface area contributed by atoms with E-state index in [4.69, 9.17) is 4.74 Å². The maximum absolute atomic E-state index is 13.0. The number of ether oxygens (including phenoxy) is 1. The van der Waals surface area contributed by atoms with Gasteiger partial charge in [-0.3, -0.25) is 4.79 Å². The number of methoxy groups -OCH3 is 1. The van der Waals surface area contributed by atoms with Crippen molar-refractivity contribution >= 4 is 5.91 Å². The molecule has 0 bridgehead atoms. The van der Waals surface area contributed by atoms with Crippen LogP contribution in [0.5, 0.6) is 5.75 Å². The van der Waals surface area contributed by atoms with Crippen molar-refractivity contribution < 1.29 is 9.53 Å². The number of amides is 1. The second-order valence-electron chi connectivity index (χ2n) is 6.40. The highest BCUT2D eigenvalue weighted by atomic mass is 16.5. The lowest BCUT2D eigenvalue weighted by atomic mass is 10.0. The number of nitrogens with zero attached hydrogens (tertiary/aromatic N) is 4. The maximum atomic E-state index is 13.0. The number of rotatable bonds is 3. The van der Waals surface area contributed by atoms with Gasteiger partial charge in [-0.05, 0) is 45.7 Å². The molecule has 0 N–H and O–H groups in total. The standard InChI is InChI=1S/C18H24N4O2/c1-12-7-8-17(24-4)16(10-12)18(23)21-9-5-6-15(11-21)22-14(3)19-13(2)20-22/h7-8,10,15H,5-6,9,11H2,1-4H3/t15-/m0/s1. The topological polar surface area (TPSA) is 60.2 Å². The summed E-state index contributed by atoms with van der Waals surface area (Å²) in [5.74, 6) is 2.33. The van der Waals surface area contributed by atoms with Crippen LogP contribution < -0.4 is 4.74 Å². The van der Waals surface area contributed by atoms with Gasteiger partial charge >= 0.3 is 0 Å². The van der Waals surface area contributed by atoms with E-state index in [0.29, 0.717) is 17.9 Å². The van der Waals surface area contributed by atoms with Crippen molar-refractivity contribution in [3.05, 3.63) is 41.0 Å². The smallest absolute Gasteiger partial charge is 0.257 e. The summed E-state index contributed by atoms with van der Waals surface area (Å²) in [6.45, 7) is 7.26. The van der Waals surface area contributed by atoms with Gasteiger partial charge in [0.15, 0.2) is 0 Å². The highest BCUT2D eigenvalue weighted by molar-refractivity contribution is 5.97. The molecular formula is C18H24N4O2. The highest BCUT2D eigenvalue weighted by Crippen LogP contribution is 2.26. The van der Waals surface area contributed by atoms with Crippen LogP contribution in [0.3, 0.4) is 0 Å². The Hall–Kier alpha value is -2.37. The van der Waals surface area contributed by atoms with Gasteiger partial charge in [-0.15, -0.1) is 0 Å². The van der Waals surface area contributed by atoms with E-state index in [9.17, 15) is 4.79 Å². The Morgan fingerprint density at radius 1 is 1.29 bits per heavy atom. The van der Waals surface area contributed by atoms with Gasteiger partial charge in [-0.2, -0.15) is 5.10 Å². The first-order chi connectivity index (χ1) is 11.5. The summed E-state index contributed by atoms with van der Waals surface area (Å²) in [6, 6.07) is 5.89. The van der Waals surface area contributed by atoms with Crippen LogP contribution in [0.15, 0.2) is 18.2 Å². The summed E-state index contributed by atoms with van der Waals surface area (Å²) in [6.07, 6.45) is 1.97. The molecule has 1 aliphatic heterocycles. The number of hydrogen-bond donors (Lipinski definition) is 0. The average Bonchev–Trinajstić information content (AvgIpc) is 2.92. The molecule has 0 radical (unpaired) electrons. The second-order valence-corrected chi connectivity index (χ2v) is 6.40. The lowest BCUT2D eigenvalue weighted by Gasteiger charge is -2.33. The van der Waals surface area contributed by atoms with E-state index < -0.39 is 0 Å². The minimum atomic E-state index is 0.0229. The van der Waals surface area contributed by atoms with E-state index in [2.05, 4.69) is 10.1 Å². The fourth-order valence-corrected chi connectivity index (χ4v) is 3.38. The molecule has 0 aliphatic carbocycles. The molecule has 0 spiro atoms. The van der Waals surface area contributed by atoms with Crippen LogP contribution in [-0.2, 0) is 0 Å².